The van der Waals surface area contributed by atoms with E-state index in [0.717, 1.165) is 49.4 Å². The average Bonchev–Trinajstić information content (AvgIpc) is 3.63. The van der Waals surface area contributed by atoms with Crippen molar-refractivity contribution in [3.8, 4) is 0 Å². The topological polar surface area (TPSA) is 86.2 Å². The summed E-state index contributed by atoms with van der Waals surface area (Å²) in [7, 11) is 0. The molecule has 13 atom stereocenters. The predicted molar refractivity (Wildman–Crippen MR) is 182 cm³/mol. The van der Waals surface area contributed by atoms with Gasteiger partial charge in [0.05, 0.1) is 17.4 Å². The van der Waals surface area contributed by atoms with Gasteiger partial charge in [0.25, 0.3) is 0 Å². The Morgan fingerprint density at radius 2 is 1.37 bits per heavy atom. The summed E-state index contributed by atoms with van der Waals surface area (Å²) in [6.07, 6.45) is 24.6. The molecule has 0 amide bonds. The van der Waals surface area contributed by atoms with Crippen molar-refractivity contribution in [3.63, 3.8) is 0 Å². The van der Waals surface area contributed by atoms with E-state index in [1.54, 1.807) is 6.08 Å². The normalized spacial score (nSPS) is 53.3. The van der Waals surface area contributed by atoms with Crippen molar-refractivity contribution < 1.29 is 15.0 Å². The highest BCUT2D eigenvalue weighted by molar-refractivity contribution is 6.01. The van der Waals surface area contributed by atoms with Crippen molar-refractivity contribution in [2.45, 2.75) is 143 Å². The minimum atomic E-state index is -0.502. The molecule has 0 radical (unpaired) electrons. The van der Waals surface area contributed by atoms with Crippen molar-refractivity contribution in [1.82, 2.24) is 10.2 Å². The average molecular weight is 629 g/mol. The molecule has 0 unspecified atom stereocenters. The lowest BCUT2D eigenvalue weighted by Crippen LogP contribution is -2.56. The summed E-state index contributed by atoms with van der Waals surface area (Å²) >= 11 is 0. The Kier molecular flexibility index (Phi) is 6.96. The molecular formula is C41H60N2O3. The molecule has 0 spiro atoms. The van der Waals surface area contributed by atoms with Crippen molar-refractivity contribution in [1.29, 1.82) is 0 Å². The lowest BCUT2D eigenvalue weighted by atomic mass is 9.44. The molecular weight excluding hydrogens is 568 g/mol. The Morgan fingerprint density at radius 3 is 2.04 bits per heavy atom. The first-order valence-corrected chi connectivity index (χ1v) is 19.0. The number of aliphatic hydroxyl groups is 2. The van der Waals surface area contributed by atoms with E-state index in [1.165, 1.54) is 81.0 Å². The van der Waals surface area contributed by atoms with E-state index in [9.17, 15) is 15.0 Å². The van der Waals surface area contributed by atoms with E-state index in [1.807, 2.05) is 6.08 Å². The largest absolute Gasteiger partial charge is 0.390 e. The second kappa shape index (κ2) is 10.2. The molecule has 9 rings (SSSR count). The first-order valence-electron chi connectivity index (χ1n) is 19.0. The zero-order valence-electron chi connectivity index (χ0n) is 29.5. The fraction of sp³-hybridized carbons (Fsp3) is 0.805. The lowest BCUT2D eigenvalue weighted by molar-refractivity contribution is -0.139. The minimum Gasteiger partial charge on any atom is -0.390 e. The van der Waals surface area contributed by atoms with Crippen molar-refractivity contribution in [2.24, 2.45) is 63.1 Å². The molecule has 6 fully saturated rings. The molecule has 0 bridgehead atoms. The second-order valence-corrected chi connectivity index (χ2v) is 19.1. The zero-order valence-corrected chi connectivity index (χ0v) is 29.5. The van der Waals surface area contributed by atoms with Gasteiger partial charge in [-0.25, -0.2) is 0 Å². The Labute approximate surface area is 277 Å². The van der Waals surface area contributed by atoms with E-state index < -0.39 is 11.2 Å². The second-order valence-electron chi connectivity index (χ2n) is 19.1. The molecule has 46 heavy (non-hydrogen) atoms. The molecule has 1 aromatic rings. The van der Waals surface area contributed by atoms with E-state index in [4.69, 9.17) is 0 Å². The molecule has 5 heteroatoms. The van der Waals surface area contributed by atoms with Gasteiger partial charge in [-0.05, 0) is 179 Å². The van der Waals surface area contributed by atoms with Crippen LogP contribution in [0.25, 0.3) is 0 Å². The number of carbonyl (C=O) groups is 1. The highest BCUT2D eigenvalue weighted by Crippen LogP contribution is 2.68. The summed E-state index contributed by atoms with van der Waals surface area (Å²) in [5, 5.41) is 29.5. The number of rotatable bonds is 0. The fourth-order valence-corrected chi connectivity index (χ4v) is 14.2. The molecule has 8 aliphatic rings. The Bertz CT molecular complexity index is 1470. The number of nitrogens with one attached hydrogen (secondary N) is 1. The summed E-state index contributed by atoms with van der Waals surface area (Å²) < 4.78 is 0. The van der Waals surface area contributed by atoms with Gasteiger partial charge < -0.3 is 10.2 Å². The van der Waals surface area contributed by atoms with Gasteiger partial charge in [-0.2, -0.15) is 5.10 Å². The monoisotopic (exact) mass is 628 g/mol. The summed E-state index contributed by atoms with van der Waals surface area (Å²) in [6.45, 7) is 13.8. The number of aromatic nitrogens is 2. The lowest BCUT2D eigenvalue weighted by Gasteiger charge is -2.60. The van der Waals surface area contributed by atoms with Crippen LogP contribution >= 0.6 is 0 Å². The third kappa shape index (κ3) is 4.18. The van der Waals surface area contributed by atoms with Gasteiger partial charge in [0.15, 0.2) is 5.78 Å². The number of nitrogens with zero attached hydrogens (tertiary/aromatic N) is 1. The van der Waals surface area contributed by atoms with Gasteiger partial charge >= 0.3 is 0 Å². The molecule has 8 aliphatic carbocycles. The van der Waals surface area contributed by atoms with Crippen LogP contribution in [0, 0.1) is 63.1 Å². The third-order valence-electron chi connectivity index (χ3n) is 17.6. The Hall–Kier alpha value is -1.72. The molecule has 0 aliphatic heterocycles. The van der Waals surface area contributed by atoms with E-state index in [-0.39, 0.29) is 22.0 Å². The van der Waals surface area contributed by atoms with Crippen LogP contribution in [0.1, 0.15) is 130 Å². The zero-order chi connectivity index (χ0) is 32.5. The number of carbonyl (C=O) groups excluding carboxylic acids is 1. The van der Waals surface area contributed by atoms with Crippen LogP contribution in [0.15, 0.2) is 30.0 Å². The number of hydrogen-bond acceptors (Lipinski definition) is 4. The highest BCUT2D eigenvalue weighted by atomic mass is 16.3. The number of hydrogen-bond donors (Lipinski definition) is 3. The maximum absolute atomic E-state index is 11.7. The van der Waals surface area contributed by atoms with Crippen molar-refractivity contribution >= 4 is 5.78 Å². The quantitative estimate of drug-likeness (QED) is 0.271. The highest BCUT2D eigenvalue weighted by Gasteiger charge is 2.64. The van der Waals surface area contributed by atoms with Gasteiger partial charge in [-0.3, -0.25) is 9.89 Å². The number of ketones is 1. The van der Waals surface area contributed by atoms with Crippen LogP contribution in [0.3, 0.4) is 0 Å². The van der Waals surface area contributed by atoms with Gasteiger partial charge in [0, 0.05) is 11.1 Å². The maximum Gasteiger partial charge on any atom is 0.178 e. The SMILES string of the molecule is C[C@]12C=CC(=O)C=C1CC[C@@H]1[C@@H]2CC[C@@]2(C)[C@H]1CC[C@]2(C)O.C[C@]12Cc3cn[nH]c3C[C@@H]1CC[C@@H]1[C@@H]2CC[C@@]2(C)[C@H]1CC[C@]2(C)O. The first-order chi connectivity index (χ1) is 21.6. The Balaban J connectivity index is 0.000000136. The molecule has 252 valence electrons. The molecule has 0 aromatic carbocycles. The third-order valence-corrected chi connectivity index (χ3v) is 17.6. The minimum absolute atomic E-state index is 0.0760. The summed E-state index contributed by atoms with van der Waals surface area (Å²) in [5.41, 5.74) is 4.02. The standard InChI is InChI=1S/C21H32N2O.C20H28O2/c1-19-11-13-12-22-23-18(13)10-14(19)4-5-15-16(19)6-8-20(2)17(15)7-9-21(20,3)24;1-18-9-6-14(21)12-13(18)4-5-15-16(18)7-10-19(2)17(15)8-11-20(19,3)22/h12,14-17,24H,4-11H2,1-3H3,(H,22,23);6,9,12,15-17,22H,4-5,7-8,10-11H2,1-3H3/t14-,15+,16-,17-,19-,20-,21-;15-,16+,17+,18+,19+,20+/m01/s1. The van der Waals surface area contributed by atoms with Crippen molar-refractivity contribution in [3.05, 3.63) is 41.3 Å². The summed E-state index contributed by atoms with van der Waals surface area (Å²) in [6, 6.07) is 0. The number of aromatic amines is 1. The van der Waals surface area contributed by atoms with Gasteiger partial charge in [-0.1, -0.05) is 39.3 Å². The van der Waals surface area contributed by atoms with Crippen molar-refractivity contribution in [2.75, 3.05) is 0 Å². The summed E-state index contributed by atoms with van der Waals surface area (Å²) in [4.78, 5) is 11.7. The number of fused-ring (bicyclic) bond motifs is 11. The fourth-order valence-electron chi connectivity index (χ4n) is 14.2. The molecule has 1 aromatic heterocycles. The van der Waals surface area contributed by atoms with Crippen LogP contribution in [0.5, 0.6) is 0 Å². The molecule has 5 nitrogen and oxygen atoms in total. The number of allylic oxidation sites excluding steroid dienone is 4. The number of H-pyrrole nitrogens is 1. The van der Waals surface area contributed by atoms with E-state index >= 15 is 0 Å². The maximum atomic E-state index is 11.7. The smallest absolute Gasteiger partial charge is 0.178 e. The molecule has 1 heterocycles. The van der Waals surface area contributed by atoms with Gasteiger partial charge in [0.2, 0.25) is 0 Å². The summed E-state index contributed by atoms with van der Waals surface area (Å²) in [5.74, 6) is 5.36. The van der Waals surface area contributed by atoms with Crippen LogP contribution in [-0.2, 0) is 17.6 Å². The van der Waals surface area contributed by atoms with Crippen LogP contribution in [0.2, 0.25) is 0 Å². The van der Waals surface area contributed by atoms with Crippen LogP contribution in [-0.4, -0.2) is 37.4 Å². The van der Waals surface area contributed by atoms with E-state index in [0.29, 0.717) is 23.2 Å². The van der Waals surface area contributed by atoms with Gasteiger partial charge in [0.1, 0.15) is 0 Å². The molecule has 0 saturated heterocycles. The van der Waals surface area contributed by atoms with Gasteiger partial charge in [-0.15, -0.1) is 0 Å². The Morgan fingerprint density at radius 1 is 0.761 bits per heavy atom. The molecule has 6 saturated carbocycles. The van der Waals surface area contributed by atoms with Crippen LogP contribution in [0.4, 0.5) is 0 Å². The first kappa shape index (κ1) is 31.5. The predicted octanol–water partition coefficient (Wildman–Crippen LogP) is 8.16. The van der Waals surface area contributed by atoms with E-state index in [2.05, 4.69) is 64.0 Å². The van der Waals surface area contributed by atoms with Crippen LogP contribution < -0.4 is 0 Å². The molecule has 3 N–H and O–H groups in total.